The molecule has 0 N–H and O–H groups in total. The van der Waals surface area contributed by atoms with E-state index in [0.717, 1.165) is 25.2 Å². The van der Waals surface area contributed by atoms with Crippen molar-refractivity contribution in [3.8, 4) is 5.69 Å². The maximum Gasteiger partial charge on any atom is 0.342 e. The number of aryl methyl sites for hydroxylation is 1. The third-order valence-electron chi connectivity index (χ3n) is 5.04. The third-order valence-corrected chi connectivity index (χ3v) is 5.04. The van der Waals surface area contributed by atoms with E-state index in [0.29, 0.717) is 28.8 Å². The van der Waals surface area contributed by atoms with Crippen LogP contribution in [0.4, 0.5) is 0 Å². The van der Waals surface area contributed by atoms with Crippen LogP contribution >= 0.6 is 0 Å². The zero-order valence-electron chi connectivity index (χ0n) is 16.4. The molecule has 3 rings (SSSR count). The molecule has 1 aromatic heterocycles. The molecule has 144 valence electrons. The molecular formula is C21H27N3O3. The van der Waals surface area contributed by atoms with Crippen LogP contribution in [0.3, 0.4) is 0 Å². The Labute approximate surface area is 160 Å². The summed E-state index contributed by atoms with van der Waals surface area (Å²) in [5, 5.41) is 4.46. The molecule has 1 fully saturated rings. The molecule has 0 radical (unpaired) electrons. The standard InChI is InChI=1S/C21H27N3O3/c1-14-10-15(2)12-23(11-14)19(25)13-27-21(26)20-16(3)22-24(17(20)4)18-8-6-5-7-9-18/h5-9,14-15H,10-13H2,1-4H3. The van der Waals surface area contributed by atoms with Crippen LogP contribution in [0.15, 0.2) is 30.3 Å². The van der Waals surface area contributed by atoms with Crippen molar-refractivity contribution in [1.29, 1.82) is 0 Å². The molecule has 2 aromatic rings. The molecule has 27 heavy (non-hydrogen) atoms. The molecule has 1 saturated heterocycles. The van der Waals surface area contributed by atoms with Gasteiger partial charge in [0.15, 0.2) is 6.61 Å². The summed E-state index contributed by atoms with van der Waals surface area (Å²) < 4.78 is 7.06. The molecule has 2 atom stereocenters. The van der Waals surface area contributed by atoms with Gasteiger partial charge in [-0.05, 0) is 44.2 Å². The van der Waals surface area contributed by atoms with Crippen LogP contribution in [0.5, 0.6) is 0 Å². The summed E-state index contributed by atoms with van der Waals surface area (Å²) in [4.78, 5) is 26.9. The molecule has 0 bridgehead atoms. The summed E-state index contributed by atoms with van der Waals surface area (Å²) in [6.45, 7) is 9.13. The summed E-state index contributed by atoms with van der Waals surface area (Å²) in [6.07, 6.45) is 1.13. The summed E-state index contributed by atoms with van der Waals surface area (Å²) >= 11 is 0. The zero-order chi connectivity index (χ0) is 19.6. The summed E-state index contributed by atoms with van der Waals surface area (Å²) in [5.74, 6) is 0.315. The Hall–Kier alpha value is -2.63. The number of carbonyl (C=O) groups excluding carboxylic acids is 2. The number of rotatable bonds is 4. The van der Waals surface area contributed by atoms with E-state index >= 15 is 0 Å². The van der Waals surface area contributed by atoms with Crippen molar-refractivity contribution in [1.82, 2.24) is 14.7 Å². The van der Waals surface area contributed by atoms with Gasteiger partial charge in [0.1, 0.15) is 5.56 Å². The molecule has 2 heterocycles. The van der Waals surface area contributed by atoms with Crippen molar-refractivity contribution >= 4 is 11.9 Å². The average molecular weight is 369 g/mol. The lowest BCUT2D eigenvalue weighted by atomic mass is 9.92. The normalized spacial score (nSPS) is 19.8. The second-order valence-electron chi connectivity index (χ2n) is 7.61. The topological polar surface area (TPSA) is 64.4 Å². The molecule has 0 saturated carbocycles. The minimum absolute atomic E-state index is 0.132. The van der Waals surface area contributed by atoms with E-state index < -0.39 is 5.97 Å². The number of aromatic nitrogens is 2. The number of para-hydroxylation sites is 1. The number of benzene rings is 1. The number of piperidine rings is 1. The number of likely N-dealkylation sites (tertiary alicyclic amines) is 1. The fourth-order valence-corrected chi connectivity index (χ4v) is 3.92. The van der Waals surface area contributed by atoms with Crippen LogP contribution in [0.1, 0.15) is 42.0 Å². The van der Waals surface area contributed by atoms with Crippen molar-refractivity contribution in [2.75, 3.05) is 19.7 Å². The van der Waals surface area contributed by atoms with Gasteiger partial charge in [0, 0.05) is 13.1 Å². The monoisotopic (exact) mass is 369 g/mol. The van der Waals surface area contributed by atoms with Crippen molar-refractivity contribution in [3.05, 3.63) is 47.3 Å². The molecule has 1 aliphatic heterocycles. The molecule has 0 spiro atoms. The van der Waals surface area contributed by atoms with E-state index in [1.165, 1.54) is 0 Å². The minimum Gasteiger partial charge on any atom is -0.452 e. The minimum atomic E-state index is -0.501. The van der Waals surface area contributed by atoms with E-state index in [2.05, 4.69) is 18.9 Å². The first-order chi connectivity index (χ1) is 12.9. The van der Waals surface area contributed by atoms with Gasteiger partial charge in [-0.1, -0.05) is 32.0 Å². The highest BCUT2D eigenvalue weighted by molar-refractivity contribution is 5.93. The average Bonchev–Trinajstić information content (AvgIpc) is 2.93. The quantitative estimate of drug-likeness (QED) is 0.777. The lowest BCUT2D eigenvalue weighted by Crippen LogP contribution is -2.44. The predicted molar refractivity (Wildman–Crippen MR) is 103 cm³/mol. The first-order valence-electron chi connectivity index (χ1n) is 9.43. The zero-order valence-corrected chi connectivity index (χ0v) is 16.4. The van der Waals surface area contributed by atoms with Crippen molar-refractivity contribution in [2.45, 2.75) is 34.1 Å². The molecule has 1 amide bonds. The Morgan fingerprint density at radius 2 is 1.74 bits per heavy atom. The van der Waals surface area contributed by atoms with Gasteiger partial charge in [0.2, 0.25) is 0 Å². The van der Waals surface area contributed by atoms with Crippen LogP contribution in [-0.2, 0) is 9.53 Å². The Morgan fingerprint density at radius 3 is 2.37 bits per heavy atom. The number of carbonyl (C=O) groups is 2. The predicted octanol–water partition coefficient (Wildman–Crippen LogP) is 3.15. The summed E-state index contributed by atoms with van der Waals surface area (Å²) in [7, 11) is 0. The lowest BCUT2D eigenvalue weighted by molar-refractivity contribution is -0.137. The second kappa shape index (κ2) is 7.94. The molecule has 6 nitrogen and oxygen atoms in total. The van der Waals surface area contributed by atoms with Crippen LogP contribution < -0.4 is 0 Å². The SMILES string of the molecule is Cc1nn(-c2ccccc2)c(C)c1C(=O)OCC(=O)N1CC(C)CC(C)C1. The maximum absolute atomic E-state index is 12.6. The third kappa shape index (κ3) is 4.21. The highest BCUT2D eigenvalue weighted by atomic mass is 16.5. The lowest BCUT2D eigenvalue weighted by Gasteiger charge is -2.34. The van der Waals surface area contributed by atoms with Crippen molar-refractivity contribution in [3.63, 3.8) is 0 Å². The largest absolute Gasteiger partial charge is 0.452 e. The first kappa shape index (κ1) is 19.1. The van der Waals surface area contributed by atoms with Gasteiger partial charge in [-0.2, -0.15) is 5.10 Å². The van der Waals surface area contributed by atoms with Crippen LogP contribution in [-0.4, -0.2) is 46.3 Å². The van der Waals surface area contributed by atoms with Crippen molar-refractivity contribution < 1.29 is 14.3 Å². The van der Waals surface area contributed by atoms with E-state index in [1.54, 1.807) is 16.5 Å². The Kier molecular flexibility index (Phi) is 5.63. The highest BCUT2D eigenvalue weighted by Gasteiger charge is 2.27. The fraction of sp³-hybridized carbons (Fsp3) is 0.476. The first-order valence-corrected chi connectivity index (χ1v) is 9.43. The smallest absolute Gasteiger partial charge is 0.342 e. The van der Waals surface area contributed by atoms with Gasteiger partial charge >= 0.3 is 5.97 Å². The van der Waals surface area contributed by atoms with Gasteiger partial charge in [0.05, 0.1) is 17.1 Å². The van der Waals surface area contributed by atoms with Gasteiger partial charge in [0.25, 0.3) is 5.91 Å². The van der Waals surface area contributed by atoms with Gasteiger partial charge in [-0.15, -0.1) is 0 Å². The summed E-state index contributed by atoms with van der Waals surface area (Å²) in [5.41, 5.74) is 2.60. The van der Waals surface area contributed by atoms with Crippen LogP contribution in [0, 0.1) is 25.7 Å². The number of esters is 1. The molecule has 1 aliphatic rings. The fourth-order valence-electron chi connectivity index (χ4n) is 3.92. The number of hydrogen-bond donors (Lipinski definition) is 0. The maximum atomic E-state index is 12.6. The van der Waals surface area contributed by atoms with E-state index in [4.69, 9.17) is 4.74 Å². The number of nitrogens with zero attached hydrogens (tertiary/aromatic N) is 3. The summed E-state index contributed by atoms with van der Waals surface area (Å²) in [6, 6.07) is 9.62. The van der Waals surface area contributed by atoms with E-state index in [9.17, 15) is 9.59 Å². The molecule has 0 aliphatic carbocycles. The Bertz CT molecular complexity index is 819. The van der Waals surface area contributed by atoms with Gasteiger partial charge < -0.3 is 9.64 Å². The Balaban J connectivity index is 1.68. The number of hydrogen-bond acceptors (Lipinski definition) is 4. The van der Waals surface area contributed by atoms with Crippen molar-refractivity contribution in [2.24, 2.45) is 11.8 Å². The van der Waals surface area contributed by atoms with Crippen LogP contribution in [0.25, 0.3) is 5.69 Å². The number of amides is 1. The molecule has 1 aromatic carbocycles. The Morgan fingerprint density at radius 1 is 1.11 bits per heavy atom. The van der Waals surface area contributed by atoms with E-state index in [-0.39, 0.29) is 12.5 Å². The molecule has 2 unspecified atom stereocenters. The molecule has 6 heteroatoms. The highest BCUT2D eigenvalue weighted by Crippen LogP contribution is 2.22. The van der Waals surface area contributed by atoms with Gasteiger partial charge in [-0.25, -0.2) is 9.48 Å². The number of ether oxygens (including phenoxy) is 1. The second-order valence-corrected chi connectivity index (χ2v) is 7.61. The molecular weight excluding hydrogens is 342 g/mol. The van der Waals surface area contributed by atoms with Gasteiger partial charge in [-0.3, -0.25) is 4.79 Å². The van der Waals surface area contributed by atoms with Crippen LogP contribution in [0.2, 0.25) is 0 Å². The van der Waals surface area contributed by atoms with E-state index in [1.807, 2.05) is 37.3 Å².